The summed E-state index contributed by atoms with van der Waals surface area (Å²) in [6.07, 6.45) is 1.49. The Kier molecular flexibility index (Phi) is 4.33. The number of ether oxygens (including phenoxy) is 2. The highest BCUT2D eigenvalue weighted by Gasteiger charge is 2.21. The van der Waals surface area contributed by atoms with Gasteiger partial charge in [-0.05, 0) is 6.92 Å². The lowest BCUT2D eigenvalue weighted by atomic mass is 10.0. The lowest BCUT2D eigenvalue weighted by Crippen LogP contribution is -2.29. The van der Waals surface area contributed by atoms with Crippen LogP contribution in [0.15, 0.2) is 12.7 Å². The molecule has 0 spiro atoms. The first-order chi connectivity index (χ1) is 5.05. The van der Waals surface area contributed by atoms with Crippen LogP contribution in [0.3, 0.4) is 0 Å². The molecule has 1 atom stereocenters. The molecule has 66 valence electrons. The number of hydrogen-bond acceptors (Lipinski definition) is 3. The minimum Gasteiger partial charge on any atom is -0.386 e. The van der Waals surface area contributed by atoms with Gasteiger partial charge in [0.15, 0.2) is 6.29 Å². The van der Waals surface area contributed by atoms with E-state index in [1.165, 1.54) is 20.3 Å². The third kappa shape index (κ3) is 4.14. The van der Waals surface area contributed by atoms with Crippen molar-refractivity contribution in [2.24, 2.45) is 0 Å². The van der Waals surface area contributed by atoms with E-state index in [-0.39, 0.29) is 6.29 Å². The second-order valence-corrected chi connectivity index (χ2v) is 2.67. The minimum absolute atomic E-state index is 0.372. The lowest BCUT2D eigenvalue weighted by molar-refractivity contribution is -0.131. The normalized spacial score (nSPS) is 16.5. The van der Waals surface area contributed by atoms with Crippen LogP contribution in [0.1, 0.15) is 13.3 Å². The molecule has 0 amide bonds. The summed E-state index contributed by atoms with van der Waals surface area (Å²) in [5, 5.41) is 9.48. The molecule has 1 unspecified atom stereocenters. The third-order valence-corrected chi connectivity index (χ3v) is 1.55. The molecule has 0 aromatic rings. The first kappa shape index (κ1) is 10.6. The van der Waals surface area contributed by atoms with E-state index in [9.17, 15) is 5.11 Å². The van der Waals surface area contributed by atoms with E-state index in [2.05, 4.69) is 6.58 Å². The summed E-state index contributed by atoms with van der Waals surface area (Å²) >= 11 is 0. The molecular weight excluding hydrogens is 144 g/mol. The van der Waals surface area contributed by atoms with E-state index in [1.54, 1.807) is 6.92 Å². The summed E-state index contributed by atoms with van der Waals surface area (Å²) in [6, 6.07) is 0. The van der Waals surface area contributed by atoms with Crippen LogP contribution in [-0.4, -0.2) is 31.2 Å². The maximum Gasteiger partial charge on any atom is 0.159 e. The molecule has 0 aliphatic rings. The second-order valence-electron chi connectivity index (χ2n) is 2.67. The van der Waals surface area contributed by atoms with Crippen molar-refractivity contribution in [3.8, 4) is 0 Å². The van der Waals surface area contributed by atoms with E-state index in [1.807, 2.05) is 0 Å². The van der Waals surface area contributed by atoms with E-state index < -0.39 is 5.60 Å². The zero-order valence-corrected chi connectivity index (χ0v) is 7.33. The first-order valence-electron chi connectivity index (χ1n) is 3.47. The summed E-state index contributed by atoms with van der Waals surface area (Å²) in [7, 11) is 3.07. The van der Waals surface area contributed by atoms with Gasteiger partial charge in [0.2, 0.25) is 0 Å². The Morgan fingerprint density at radius 2 is 2.00 bits per heavy atom. The molecule has 0 rings (SSSR count). The maximum atomic E-state index is 9.48. The molecule has 0 bridgehead atoms. The maximum absolute atomic E-state index is 9.48. The van der Waals surface area contributed by atoms with Crippen molar-refractivity contribution in [3.05, 3.63) is 12.7 Å². The van der Waals surface area contributed by atoms with Gasteiger partial charge >= 0.3 is 0 Å². The predicted molar refractivity (Wildman–Crippen MR) is 43.2 cm³/mol. The third-order valence-electron chi connectivity index (χ3n) is 1.55. The molecule has 0 aliphatic heterocycles. The highest BCUT2D eigenvalue weighted by molar-refractivity contribution is 4.92. The molecule has 3 heteroatoms. The monoisotopic (exact) mass is 160 g/mol. The topological polar surface area (TPSA) is 38.7 Å². The molecule has 0 radical (unpaired) electrons. The van der Waals surface area contributed by atoms with E-state index in [0.717, 1.165) is 0 Å². The number of hydrogen-bond donors (Lipinski definition) is 1. The summed E-state index contributed by atoms with van der Waals surface area (Å²) < 4.78 is 9.81. The van der Waals surface area contributed by atoms with Crippen LogP contribution in [0.2, 0.25) is 0 Å². The quantitative estimate of drug-likeness (QED) is 0.480. The zero-order valence-electron chi connectivity index (χ0n) is 7.33. The van der Waals surface area contributed by atoms with Crippen LogP contribution < -0.4 is 0 Å². The van der Waals surface area contributed by atoms with Crippen LogP contribution in [0.25, 0.3) is 0 Å². The van der Waals surface area contributed by atoms with E-state index >= 15 is 0 Å². The average molecular weight is 160 g/mol. The average Bonchev–Trinajstić information content (AvgIpc) is 2.00. The van der Waals surface area contributed by atoms with Gasteiger partial charge in [0.25, 0.3) is 0 Å². The van der Waals surface area contributed by atoms with E-state index in [4.69, 9.17) is 9.47 Å². The highest BCUT2D eigenvalue weighted by Crippen LogP contribution is 2.14. The van der Waals surface area contributed by atoms with Crippen molar-refractivity contribution in [2.75, 3.05) is 14.2 Å². The van der Waals surface area contributed by atoms with Crippen LogP contribution in [-0.2, 0) is 9.47 Å². The van der Waals surface area contributed by atoms with Gasteiger partial charge < -0.3 is 14.6 Å². The highest BCUT2D eigenvalue weighted by atomic mass is 16.7. The minimum atomic E-state index is -0.920. The Morgan fingerprint density at radius 3 is 2.27 bits per heavy atom. The van der Waals surface area contributed by atoms with Crippen molar-refractivity contribution in [3.63, 3.8) is 0 Å². The fraction of sp³-hybridized carbons (Fsp3) is 0.750. The number of rotatable bonds is 5. The Labute approximate surface area is 67.6 Å². The van der Waals surface area contributed by atoms with Crippen molar-refractivity contribution in [2.45, 2.75) is 25.2 Å². The Morgan fingerprint density at radius 1 is 1.55 bits per heavy atom. The number of methoxy groups -OCH3 is 2. The summed E-state index contributed by atoms with van der Waals surface area (Å²) in [5.74, 6) is 0. The van der Waals surface area contributed by atoms with Gasteiger partial charge in [0, 0.05) is 20.6 Å². The Hall–Kier alpha value is -0.380. The Balaban J connectivity index is 3.88. The van der Waals surface area contributed by atoms with Crippen LogP contribution >= 0.6 is 0 Å². The van der Waals surface area contributed by atoms with Gasteiger partial charge in [-0.3, -0.25) is 0 Å². The SMILES string of the molecule is C=CC(C)(O)CC(OC)OC. The Bertz CT molecular complexity index is 117. The van der Waals surface area contributed by atoms with Gasteiger partial charge in [0.05, 0.1) is 5.60 Å². The fourth-order valence-electron chi connectivity index (χ4n) is 0.684. The number of aliphatic hydroxyl groups is 1. The van der Waals surface area contributed by atoms with Crippen LogP contribution in [0.5, 0.6) is 0 Å². The molecule has 1 N–H and O–H groups in total. The molecule has 0 heterocycles. The van der Waals surface area contributed by atoms with Crippen LogP contribution in [0, 0.1) is 0 Å². The van der Waals surface area contributed by atoms with E-state index in [0.29, 0.717) is 6.42 Å². The van der Waals surface area contributed by atoms with Crippen molar-refractivity contribution in [1.29, 1.82) is 0 Å². The molecule has 0 saturated carbocycles. The first-order valence-corrected chi connectivity index (χ1v) is 3.47. The standard InChI is InChI=1S/C8H16O3/c1-5-8(2,9)6-7(10-3)11-4/h5,7,9H,1,6H2,2-4H3. The molecule has 0 aromatic heterocycles. The van der Waals surface area contributed by atoms with Crippen LogP contribution in [0.4, 0.5) is 0 Å². The van der Waals surface area contributed by atoms with Crippen molar-refractivity contribution in [1.82, 2.24) is 0 Å². The summed E-state index contributed by atoms with van der Waals surface area (Å²) in [4.78, 5) is 0. The molecule has 0 saturated heterocycles. The summed E-state index contributed by atoms with van der Waals surface area (Å²) in [6.45, 7) is 5.15. The van der Waals surface area contributed by atoms with Gasteiger partial charge in [-0.15, -0.1) is 6.58 Å². The molecular formula is C8H16O3. The molecule has 0 aliphatic carbocycles. The van der Waals surface area contributed by atoms with Gasteiger partial charge in [-0.2, -0.15) is 0 Å². The molecule has 3 nitrogen and oxygen atoms in total. The second kappa shape index (κ2) is 4.49. The van der Waals surface area contributed by atoms with Gasteiger partial charge in [0.1, 0.15) is 0 Å². The lowest BCUT2D eigenvalue weighted by Gasteiger charge is -2.23. The zero-order chi connectivity index (χ0) is 8.91. The molecule has 0 fully saturated rings. The predicted octanol–water partition coefficient (Wildman–Crippen LogP) is 0.932. The summed E-state index contributed by atoms with van der Waals surface area (Å²) in [5.41, 5.74) is -0.920. The fourth-order valence-corrected chi connectivity index (χ4v) is 0.684. The van der Waals surface area contributed by atoms with Gasteiger partial charge in [-0.25, -0.2) is 0 Å². The largest absolute Gasteiger partial charge is 0.386 e. The van der Waals surface area contributed by atoms with Crippen molar-refractivity contribution < 1.29 is 14.6 Å². The van der Waals surface area contributed by atoms with Crippen molar-refractivity contribution >= 4 is 0 Å². The van der Waals surface area contributed by atoms with Gasteiger partial charge in [-0.1, -0.05) is 6.08 Å². The molecule has 11 heavy (non-hydrogen) atoms. The smallest absolute Gasteiger partial charge is 0.159 e. The molecule has 0 aromatic carbocycles.